The zero-order chi connectivity index (χ0) is 24.3. The van der Waals surface area contributed by atoms with Gasteiger partial charge in [0.1, 0.15) is 11.9 Å². The molecule has 1 atom stereocenters. The number of rotatable bonds is 7. The molecular formula is C25H23ClN4O3S. The Hall–Kier alpha value is -3.62. The van der Waals surface area contributed by atoms with Gasteiger partial charge in [0.15, 0.2) is 0 Å². The Morgan fingerprint density at radius 3 is 2.24 bits per heavy atom. The molecule has 4 aromatic rings. The van der Waals surface area contributed by atoms with Crippen LogP contribution in [0.25, 0.3) is 0 Å². The van der Waals surface area contributed by atoms with E-state index in [0.717, 1.165) is 5.56 Å². The molecule has 0 bridgehead atoms. The molecule has 9 heteroatoms. The molecule has 0 radical (unpaired) electrons. The van der Waals surface area contributed by atoms with E-state index in [1.165, 1.54) is 35.6 Å². The molecule has 4 rings (SSSR count). The smallest absolute Gasteiger partial charge is 0.264 e. The molecule has 0 fully saturated rings. The summed E-state index contributed by atoms with van der Waals surface area (Å²) in [5, 5.41) is 3.58. The summed E-state index contributed by atoms with van der Waals surface area (Å²) in [7, 11) is -0.427. The van der Waals surface area contributed by atoms with Crippen molar-refractivity contribution >= 4 is 33.2 Å². The molecule has 0 aliphatic heterocycles. The molecule has 1 unspecified atom stereocenters. The van der Waals surface area contributed by atoms with Crippen molar-refractivity contribution in [1.82, 2.24) is 14.9 Å². The van der Waals surface area contributed by atoms with E-state index in [1.807, 2.05) is 29.8 Å². The van der Waals surface area contributed by atoms with Crippen LogP contribution < -0.4 is 9.62 Å². The Labute approximate surface area is 203 Å². The first-order valence-electron chi connectivity index (χ1n) is 10.4. The molecule has 0 aliphatic rings. The van der Waals surface area contributed by atoms with E-state index < -0.39 is 16.1 Å². The van der Waals surface area contributed by atoms with Gasteiger partial charge in [-0.3, -0.25) is 9.10 Å². The molecule has 7 nitrogen and oxygen atoms in total. The van der Waals surface area contributed by atoms with Crippen molar-refractivity contribution in [2.45, 2.75) is 10.9 Å². The third-order valence-electron chi connectivity index (χ3n) is 5.49. The average Bonchev–Trinajstić information content (AvgIpc) is 3.28. The van der Waals surface area contributed by atoms with Gasteiger partial charge in [-0.1, -0.05) is 41.9 Å². The van der Waals surface area contributed by atoms with Crippen molar-refractivity contribution in [3.05, 3.63) is 113 Å². The summed E-state index contributed by atoms with van der Waals surface area (Å²) in [5.74, 6) is 0.294. The lowest BCUT2D eigenvalue weighted by Crippen LogP contribution is -2.31. The maximum Gasteiger partial charge on any atom is 0.264 e. The number of anilines is 1. The number of nitrogens with zero attached hydrogens (tertiary/aromatic N) is 3. The van der Waals surface area contributed by atoms with Gasteiger partial charge in [-0.05, 0) is 54.1 Å². The number of halogens is 1. The number of aromatic nitrogens is 2. The Bertz CT molecular complexity index is 1390. The van der Waals surface area contributed by atoms with Crippen LogP contribution in [0.2, 0.25) is 5.02 Å². The molecule has 1 heterocycles. The second-order valence-electron chi connectivity index (χ2n) is 7.69. The first kappa shape index (κ1) is 23.5. The summed E-state index contributed by atoms with van der Waals surface area (Å²) >= 11 is 6.03. The highest BCUT2D eigenvalue weighted by Crippen LogP contribution is 2.24. The summed E-state index contributed by atoms with van der Waals surface area (Å²) < 4.78 is 29.0. The normalized spacial score (nSPS) is 12.2. The van der Waals surface area contributed by atoms with Crippen molar-refractivity contribution in [2.75, 3.05) is 11.4 Å². The fourth-order valence-corrected chi connectivity index (χ4v) is 4.86. The number of benzene rings is 3. The highest BCUT2D eigenvalue weighted by Gasteiger charge is 2.24. The minimum atomic E-state index is -3.77. The maximum atomic E-state index is 13.1. The minimum absolute atomic E-state index is 0.0914. The van der Waals surface area contributed by atoms with Crippen molar-refractivity contribution < 1.29 is 13.2 Å². The van der Waals surface area contributed by atoms with Crippen molar-refractivity contribution in [3.8, 4) is 0 Å². The molecule has 0 saturated carbocycles. The van der Waals surface area contributed by atoms with E-state index in [1.54, 1.807) is 48.8 Å². The van der Waals surface area contributed by atoms with Gasteiger partial charge in [-0.15, -0.1) is 0 Å². The van der Waals surface area contributed by atoms with Gasteiger partial charge in [0, 0.05) is 37.1 Å². The van der Waals surface area contributed by atoms with E-state index >= 15 is 0 Å². The molecular weight excluding hydrogens is 472 g/mol. The van der Waals surface area contributed by atoms with Crippen LogP contribution in [0.1, 0.15) is 27.8 Å². The Morgan fingerprint density at radius 1 is 1.00 bits per heavy atom. The van der Waals surface area contributed by atoms with Gasteiger partial charge < -0.3 is 9.88 Å². The number of hydrogen-bond donors (Lipinski definition) is 1. The lowest BCUT2D eigenvalue weighted by molar-refractivity contribution is 0.0941. The monoisotopic (exact) mass is 494 g/mol. The summed E-state index contributed by atoms with van der Waals surface area (Å²) in [6, 6.07) is 21.3. The van der Waals surface area contributed by atoms with Crippen LogP contribution in [-0.2, 0) is 17.1 Å². The predicted octanol–water partition coefficient (Wildman–Crippen LogP) is 4.42. The number of imidazole rings is 1. The SMILES string of the molecule is CN(c1ccccc1)S(=O)(=O)c1ccc(C(=O)NC(c2ccc(Cl)cc2)c2nccn2C)cc1. The fourth-order valence-electron chi connectivity index (χ4n) is 3.54. The van der Waals surface area contributed by atoms with Gasteiger partial charge in [0.2, 0.25) is 0 Å². The quantitative estimate of drug-likeness (QED) is 0.412. The predicted molar refractivity (Wildman–Crippen MR) is 132 cm³/mol. The highest BCUT2D eigenvalue weighted by molar-refractivity contribution is 7.92. The van der Waals surface area contributed by atoms with E-state index in [9.17, 15) is 13.2 Å². The van der Waals surface area contributed by atoms with Gasteiger partial charge in [-0.25, -0.2) is 13.4 Å². The maximum absolute atomic E-state index is 13.1. The molecule has 3 aromatic carbocycles. The largest absolute Gasteiger partial charge is 0.338 e. The van der Waals surface area contributed by atoms with E-state index in [2.05, 4.69) is 10.3 Å². The molecule has 1 N–H and O–H groups in total. The third-order valence-corrected chi connectivity index (χ3v) is 7.54. The number of nitrogens with one attached hydrogen (secondary N) is 1. The molecule has 34 heavy (non-hydrogen) atoms. The first-order chi connectivity index (χ1) is 16.3. The third kappa shape index (κ3) is 4.83. The number of hydrogen-bond acceptors (Lipinski definition) is 4. The van der Waals surface area contributed by atoms with E-state index in [4.69, 9.17) is 11.6 Å². The van der Waals surface area contributed by atoms with Gasteiger partial charge in [0.25, 0.3) is 15.9 Å². The molecule has 174 valence electrons. The van der Waals surface area contributed by atoms with Gasteiger partial charge in [-0.2, -0.15) is 0 Å². The van der Waals surface area contributed by atoms with Crippen LogP contribution in [0.15, 0.2) is 96.2 Å². The number of para-hydroxylation sites is 1. The lowest BCUT2D eigenvalue weighted by atomic mass is 10.1. The van der Waals surface area contributed by atoms with Crippen LogP contribution in [0.4, 0.5) is 5.69 Å². The molecule has 1 aromatic heterocycles. The summed E-state index contributed by atoms with van der Waals surface area (Å²) in [6.45, 7) is 0. The van der Waals surface area contributed by atoms with Crippen LogP contribution in [0.3, 0.4) is 0 Å². The van der Waals surface area contributed by atoms with Gasteiger partial charge >= 0.3 is 0 Å². The average molecular weight is 495 g/mol. The Morgan fingerprint density at radius 2 is 1.65 bits per heavy atom. The summed E-state index contributed by atoms with van der Waals surface area (Å²) in [4.78, 5) is 17.6. The lowest BCUT2D eigenvalue weighted by Gasteiger charge is -2.20. The van der Waals surface area contributed by atoms with E-state index in [-0.39, 0.29) is 10.8 Å². The molecule has 0 saturated heterocycles. The summed E-state index contributed by atoms with van der Waals surface area (Å²) in [6.07, 6.45) is 3.46. The van der Waals surface area contributed by atoms with Crippen LogP contribution >= 0.6 is 11.6 Å². The minimum Gasteiger partial charge on any atom is -0.338 e. The number of aryl methyl sites for hydroxylation is 1. The topological polar surface area (TPSA) is 84.3 Å². The summed E-state index contributed by atoms with van der Waals surface area (Å²) in [5.41, 5.74) is 1.69. The van der Waals surface area contributed by atoms with Crippen LogP contribution in [0.5, 0.6) is 0 Å². The van der Waals surface area contributed by atoms with Crippen LogP contribution in [-0.4, -0.2) is 30.9 Å². The van der Waals surface area contributed by atoms with Crippen molar-refractivity contribution in [2.24, 2.45) is 7.05 Å². The standard InChI is InChI=1S/C25H23ClN4O3S/c1-29-17-16-27-24(29)23(18-8-12-20(26)13-9-18)28-25(31)19-10-14-22(15-11-19)34(32,33)30(2)21-6-4-3-5-7-21/h3-17,23H,1-2H3,(H,28,31). The number of sulfonamides is 1. The first-order valence-corrected chi connectivity index (χ1v) is 12.3. The van der Waals surface area contributed by atoms with Gasteiger partial charge in [0.05, 0.1) is 10.6 Å². The molecule has 1 amide bonds. The molecule has 0 aliphatic carbocycles. The second-order valence-corrected chi connectivity index (χ2v) is 10.1. The second kappa shape index (κ2) is 9.70. The zero-order valence-corrected chi connectivity index (χ0v) is 20.2. The fraction of sp³-hybridized carbons (Fsp3) is 0.120. The number of amides is 1. The Balaban J connectivity index is 1.58. The zero-order valence-electron chi connectivity index (χ0n) is 18.6. The number of carbonyl (C=O) groups excluding carboxylic acids is 1. The Kier molecular flexibility index (Phi) is 6.72. The molecule has 0 spiro atoms. The highest BCUT2D eigenvalue weighted by atomic mass is 35.5. The van der Waals surface area contributed by atoms with Crippen LogP contribution in [0, 0.1) is 0 Å². The van der Waals surface area contributed by atoms with Crippen molar-refractivity contribution in [3.63, 3.8) is 0 Å². The van der Waals surface area contributed by atoms with E-state index in [0.29, 0.717) is 22.1 Å². The number of carbonyl (C=O) groups is 1. The van der Waals surface area contributed by atoms with Crippen molar-refractivity contribution in [1.29, 1.82) is 0 Å².